The van der Waals surface area contributed by atoms with Gasteiger partial charge in [0.05, 0.1) is 19.8 Å². The second-order valence-corrected chi connectivity index (χ2v) is 8.51. The largest absolute Gasteiger partial charge is 0.394 e. The summed E-state index contributed by atoms with van der Waals surface area (Å²) in [7, 11) is 0. The lowest BCUT2D eigenvalue weighted by molar-refractivity contribution is 0.0375. The monoisotopic (exact) mass is 449 g/mol. The highest BCUT2D eigenvalue weighted by atomic mass is 16.3. The molecule has 0 aliphatic carbocycles. The summed E-state index contributed by atoms with van der Waals surface area (Å²) in [5.74, 6) is 5.96. The molecule has 0 fully saturated rings. The maximum Gasteiger partial charge on any atom is 0.251 e. The first-order valence-corrected chi connectivity index (χ1v) is 11.0. The molecular formula is C29H23NO4. The number of benzene rings is 5. The van der Waals surface area contributed by atoms with Gasteiger partial charge in [-0.2, -0.15) is 0 Å². The topological polar surface area (TPSA) is 89.8 Å². The van der Waals surface area contributed by atoms with Crippen molar-refractivity contribution in [3.8, 4) is 11.8 Å². The quantitative estimate of drug-likeness (QED) is 0.245. The summed E-state index contributed by atoms with van der Waals surface area (Å²) >= 11 is 0. The molecule has 4 N–H and O–H groups in total. The zero-order valence-corrected chi connectivity index (χ0v) is 18.4. The number of carbonyl (C=O) groups excluding carboxylic acids is 1. The highest BCUT2D eigenvalue weighted by Crippen LogP contribution is 2.35. The molecule has 0 aromatic heterocycles. The Morgan fingerprint density at radius 2 is 1.29 bits per heavy atom. The smallest absolute Gasteiger partial charge is 0.251 e. The van der Waals surface area contributed by atoms with Crippen molar-refractivity contribution in [3.63, 3.8) is 0 Å². The number of amides is 1. The maximum atomic E-state index is 12.5. The zero-order chi connectivity index (χ0) is 23.7. The van der Waals surface area contributed by atoms with Crippen LogP contribution < -0.4 is 5.32 Å². The lowest BCUT2D eigenvalue weighted by Crippen LogP contribution is -2.57. The molecule has 5 aromatic carbocycles. The first-order chi connectivity index (χ1) is 16.6. The molecular weight excluding hydrogens is 426 g/mol. The molecule has 0 saturated carbocycles. The van der Waals surface area contributed by atoms with Crippen LogP contribution in [0.4, 0.5) is 0 Å². The van der Waals surface area contributed by atoms with Crippen LogP contribution >= 0.6 is 0 Å². The SMILES string of the molecule is O=C(NC(CO)(CO)CO)c1ccc(C#Cc2ccc3ccc4cccc5ccc2c3c45)cc1. The van der Waals surface area contributed by atoms with Gasteiger partial charge in [0.15, 0.2) is 0 Å². The molecule has 0 bridgehead atoms. The summed E-state index contributed by atoms with van der Waals surface area (Å²) < 4.78 is 0. The molecule has 5 aromatic rings. The third kappa shape index (κ3) is 3.74. The van der Waals surface area contributed by atoms with Gasteiger partial charge >= 0.3 is 0 Å². The van der Waals surface area contributed by atoms with Crippen molar-refractivity contribution in [3.05, 3.63) is 95.6 Å². The Kier molecular flexibility index (Phi) is 5.64. The minimum Gasteiger partial charge on any atom is -0.394 e. The molecule has 1 amide bonds. The van der Waals surface area contributed by atoms with Gasteiger partial charge in [-0.15, -0.1) is 0 Å². The molecule has 34 heavy (non-hydrogen) atoms. The molecule has 0 unspecified atom stereocenters. The molecule has 5 heteroatoms. The van der Waals surface area contributed by atoms with Crippen LogP contribution in [0.1, 0.15) is 21.5 Å². The van der Waals surface area contributed by atoms with Crippen molar-refractivity contribution in [1.29, 1.82) is 0 Å². The number of aliphatic hydroxyl groups excluding tert-OH is 3. The van der Waals surface area contributed by atoms with Crippen LogP contribution in [0.3, 0.4) is 0 Å². The van der Waals surface area contributed by atoms with E-state index in [4.69, 9.17) is 0 Å². The summed E-state index contributed by atoms with van der Waals surface area (Å²) in [6.45, 7) is -1.72. The predicted octanol–water partition coefficient (Wildman–Crippen LogP) is 3.43. The Balaban J connectivity index is 1.46. The first-order valence-electron chi connectivity index (χ1n) is 11.0. The summed E-state index contributed by atoms with van der Waals surface area (Å²) in [6.07, 6.45) is 0. The van der Waals surface area contributed by atoms with Crippen molar-refractivity contribution >= 4 is 38.2 Å². The van der Waals surface area contributed by atoms with Gasteiger partial charge in [-0.05, 0) is 62.6 Å². The maximum absolute atomic E-state index is 12.5. The van der Waals surface area contributed by atoms with Crippen LogP contribution in [0, 0.1) is 11.8 Å². The van der Waals surface area contributed by atoms with Gasteiger partial charge < -0.3 is 20.6 Å². The number of rotatable bonds is 5. The van der Waals surface area contributed by atoms with E-state index < -0.39 is 31.3 Å². The van der Waals surface area contributed by atoms with Crippen LogP contribution in [0.25, 0.3) is 32.3 Å². The third-order valence-electron chi connectivity index (χ3n) is 6.30. The summed E-state index contributed by atoms with van der Waals surface area (Å²) in [6, 6.07) is 25.8. The van der Waals surface area contributed by atoms with Crippen molar-refractivity contribution in [2.24, 2.45) is 0 Å². The van der Waals surface area contributed by atoms with E-state index in [-0.39, 0.29) is 0 Å². The summed E-state index contributed by atoms with van der Waals surface area (Å²) in [5.41, 5.74) is 0.559. The van der Waals surface area contributed by atoms with E-state index in [0.717, 1.165) is 16.5 Å². The molecule has 0 saturated heterocycles. The number of carbonyl (C=O) groups is 1. The van der Waals surface area contributed by atoms with Gasteiger partial charge in [-0.3, -0.25) is 4.79 Å². The molecule has 0 aliphatic heterocycles. The lowest BCUT2D eigenvalue weighted by Gasteiger charge is -2.28. The second kappa shape index (κ2) is 8.77. The predicted molar refractivity (Wildman–Crippen MR) is 134 cm³/mol. The van der Waals surface area contributed by atoms with Gasteiger partial charge in [0.1, 0.15) is 5.54 Å². The average Bonchev–Trinajstić information content (AvgIpc) is 2.90. The molecule has 5 rings (SSSR count). The van der Waals surface area contributed by atoms with Crippen molar-refractivity contribution in [2.45, 2.75) is 5.54 Å². The van der Waals surface area contributed by atoms with Gasteiger partial charge in [-0.25, -0.2) is 0 Å². The Morgan fingerprint density at radius 1 is 0.706 bits per heavy atom. The van der Waals surface area contributed by atoms with Crippen LogP contribution in [0.2, 0.25) is 0 Å². The molecule has 0 atom stereocenters. The van der Waals surface area contributed by atoms with E-state index in [1.54, 1.807) is 24.3 Å². The summed E-state index contributed by atoms with van der Waals surface area (Å²) in [4.78, 5) is 12.5. The Hall–Kier alpha value is -3.95. The van der Waals surface area contributed by atoms with Crippen LogP contribution in [-0.2, 0) is 0 Å². The van der Waals surface area contributed by atoms with E-state index in [1.165, 1.54) is 26.9 Å². The molecule has 168 valence electrons. The van der Waals surface area contributed by atoms with Crippen LogP contribution in [0.5, 0.6) is 0 Å². The summed E-state index contributed by atoms with van der Waals surface area (Å²) in [5, 5.41) is 37.9. The normalized spacial score (nSPS) is 11.6. The lowest BCUT2D eigenvalue weighted by atomic mass is 9.92. The van der Waals surface area contributed by atoms with E-state index >= 15 is 0 Å². The molecule has 0 aliphatic rings. The van der Waals surface area contributed by atoms with E-state index in [1.807, 2.05) is 6.07 Å². The van der Waals surface area contributed by atoms with Gasteiger partial charge in [-0.1, -0.05) is 60.4 Å². The van der Waals surface area contributed by atoms with Crippen molar-refractivity contribution < 1.29 is 20.1 Å². The highest BCUT2D eigenvalue weighted by molar-refractivity contribution is 6.23. The van der Waals surface area contributed by atoms with Gasteiger partial charge in [0.25, 0.3) is 5.91 Å². The fourth-order valence-electron chi connectivity index (χ4n) is 4.27. The number of hydrogen-bond donors (Lipinski definition) is 4. The molecule has 0 heterocycles. The van der Waals surface area contributed by atoms with Crippen LogP contribution in [0.15, 0.2) is 78.9 Å². The highest BCUT2D eigenvalue weighted by Gasteiger charge is 2.30. The van der Waals surface area contributed by atoms with E-state index in [2.05, 4.69) is 65.7 Å². The van der Waals surface area contributed by atoms with Crippen LogP contribution in [-0.4, -0.2) is 46.6 Å². The number of aliphatic hydroxyl groups is 3. The average molecular weight is 450 g/mol. The standard InChI is InChI=1S/C29H23NO4/c31-16-29(17-32,18-33)30-28(34)24-8-5-19(6-9-24)4-7-20-10-11-23-13-12-21-2-1-3-22-14-15-25(20)27(23)26(21)22/h1-3,5-6,8-15,31-33H,16-18H2,(H,30,34). The third-order valence-corrected chi connectivity index (χ3v) is 6.30. The zero-order valence-electron chi connectivity index (χ0n) is 18.4. The van der Waals surface area contributed by atoms with E-state index in [9.17, 15) is 20.1 Å². The second-order valence-electron chi connectivity index (χ2n) is 8.51. The Morgan fingerprint density at radius 3 is 1.94 bits per heavy atom. The fourth-order valence-corrected chi connectivity index (χ4v) is 4.27. The minimum atomic E-state index is -1.47. The fraction of sp³-hybridized carbons (Fsp3) is 0.138. The molecule has 5 nitrogen and oxygen atoms in total. The first kappa shape index (κ1) is 21.9. The number of nitrogens with one attached hydrogen (secondary N) is 1. The number of hydrogen-bond acceptors (Lipinski definition) is 4. The Labute approximate surface area is 196 Å². The molecule has 0 radical (unpaired) electrons. The van der Waals surface area contributed by atoms with Gasteiger partial charge in [0.2, 0.25) is 0 Å². The van der Waals surface area contributed by atoms with Gasteiger partial charge in [0, 0.05) is 16.7 Å². The Bertz CT molecular complexity index is 1530. The van der Waals surface area contributed by atoms with Crippen molar-refractivity contribution in [1.82, 2.24) is 5.32 Å². The van der Waals surface area contributed by atoms with E-state index in [0.29, 0.717) is 5.56 Å². The van der Waals surface area contributed by atoms with Crippen molar-refractivity contribution in [2.75, 3.05) is 19.8 Å². The molecule has 0 spiro atoms. The minimum absolute atomic E-state index is 0.341.